The first-order valence-electron chi connectivity index (χ1n) is 3.70. The fourth-order valence-corrected chi connectivity index (χ4v) is 0.580. The Kier molecular flexibility index (Phi) is 4.94. The predicted octanol–water partition coefficient (Wildman–Crippen LogP) is 0.250. The summed E-state index contributed by atoms with van der Waals surface area (Å²) in [6.07, 6.45) is 1.40. The first kappa shape index (κ1) is 9.43. The molecule has 0 saturated carbocycles. The van der Waals surface area contributed by atoms with Crippen LogP contribution in [-0.2, 0) is 4.79 Å². The van der Waals surface area contributed by atoms with Crippen LogP contribution >= 0.6 is 0 Å². The van der Waals surface area contributed by atoms with Crippen LogP contribution in [0.15, 0.2) is 0 Å². The van der Waals surface area contributed by atoms with Crippen molar-refractivity contribution < 1.29 is 4.79 Å². The van der Waals surface area contributed by atoms with E-state index in [1.165, 1.54) is 0 Å². The van der Waals surface area contributed by atoms with E-state index in [0.717, 1.165) is 6.42 Å². The molecule has 3 nitrogen and oxygen atoms in total. The number of carbonyl (C=O) groups is 1. The molecule has 3 N–H and O–H groups in total. The van der Waals surface area contributed by atoms with Gasteiger partial charge in [-0.05, 0) is 13.3 Å². The van der Waals surface area contributed by atoms with Gasteiger partial charge in [-0.1, -0.05) is 6.92 Å². The van der Waals surface area contributed by atoms with Crippen molar-refractivity contribution in [3.63, 3.8) is 0 Å². The largest absolute Gasteiger partial charge is 0.354 e. The number of nitrogens with one attached hydrogen (secondary N) is 1. The van der Waals surface area contributed by atoms with Crippen LogP contribution in [-0.4, -0.2) is 18.5 Å². The molecule has 0 fully saturated rings. The van der Waals surface area contributed by atoms with E-state index in [4.69, 9.17) is 5.73 Å². The van der Waals surface area contributed by atoms with Crippen molar-refractivity contribution in [1.82, 2.24) is 5.32 Å². The van der Waals surface area contributed by atoms with Crippen LogP contribution in [0.5, 0.6) is 0 Å². The fourth-order valence-electron chi connectivity index (χ4n) is 0.580. The SMILES string of the molecule is CCC(C)NC(=O)CCN. The van der Waals surface area contributed by atoms with E-state index in [2.05, 4.69) is 5.32 Å². The minimum Gasteiger partial charge on any atom is -0.354 e. The lowest BCUT2D eigenvalue weighted by molar-refractivity contribution is -0.121. The van der Waals surface area contributed by atoms with Gasteiger partial charge in [0.2, 0.25) is 5.91 Å². The lowest BCUT2D eigenvalue weighted by atomic mass is 10.2. The Hall–Kier alpha value is -0.570. The van der Waals surface area contributed by atoms with Gasteiger partial charge in [-0.2, -0.15) is 0 Å². The molecule has 60 valence electrons. The summed E-state index contributed by atoms with van der Waals surface area (Å²) < 4.78 is 0. The molecule has 3 heteroatoms. The number of carbonyl (C=O) groups excluding carboxylic acids is 1. The molecule has 0 aliphatic carbocycles. The Bertz CT molecular complexity index is 104. The number of hydrogen-bond donors (Lipinski definition) is 2. The van der Waals surface area contributed by atoms with E-state index < -0.39 is 0 Å². The summed E-state index contributed by atoms with van der Waals surface area (Å²) in [5.41, 5.74) is 5.19. The highest BCUT2D eigenvalue weighted by Crippen LogP contribution is 1.87. The lowest BCUT2D eigenvalue weighted by Gasteiger charge is -2.09. The molecule has 0 heterocycles. The second-order valence-electron chi connectivity index (χ2n) is 2.42. The summed E-state index contributed by atoms with van der Waals surface area (Å²) in [6, 6.07) is 0.277. The van der Waals surface area contributed by atoms with Gasteiger partial charge in [-0.25, -0.2) is 0 Å². The van der Waals surface area contributed by atoms with Crippen LogP contribution in [0.2, 0.25) is 0 Å². The zero-order valence-corrected chi connectivity index (χ0v) is 6.68. The zero-order chi connectivity index (χ0) is 7.98. The van der Waals surface area contributed by atoms with Crippen molar-refractivity contribution >= 4 is 5.91 Å². The molecule has 0 bridgehead atoms. The van der Waals surface area contributed by atoms with Crippen molar-refractivity contribution in [1.29, 1.82) is 0 Å². The summed E-state index contributed by atoms with van der Waals surface area (Å²) in [5.74, 6) is 0.0526. The quantitative estimate of drug-likeness (QED) is 0.594. The van der Waals surface area contributed by atoms with Crippen LogP contribution in [0.3, 0.4) is 0 Å². The molecule has 0 aromatic carbocycles. The van der Waals surface area contributed by atoms with Crippen LogP contribution in [0.4, 0.5) is 0 Å². The molecule has 0 saturated heterocycles. The number of amides is 1. The molecule has 1 atom stereocenters. The first-order valence-corrected chi connectivity index (χ1v) is 3.70. The average molecular weight is 144 g/mol. The molecule has 1 unspecified atom stereocenters. The highest BCUT2D eigenvalue weighted by molar-refractivity contribution is 5.76. The average Bonchev–Trinajstić information content (AvgIpc) is 1.88. The van der Waals surface area contributed by atoms with Crippen molar-refractivity contribution in [2.24, 2.45) is 5.73 Å². The minimum absolute atomic E-state index is 0.0526. The first-order chi connectivity index (χ1) is 4.70. The molecular formula is C7H16N2O. The molecule has 1 amide bonds. The zero-order valence-electron chi connectivity index (χ0n) is 6.68. The molecule has 0 rings (SSSR count). The maximum absolute atomic E-state index is 10.8. The van der Waals surface area contributed by atoms with Gasteiger partial charge in [-0.15, -0.1) is 0 Å². The van der Waals surface area contributed by atoms with E-state index in [-0.39, 0.29) is 11.9 Å². The van der Waals surface area contributed by atoms with E-state index in [9.17, 15) is 4.79 Å². The second kappa shape index (κ2) is 5.23. The van der Waals surface area contributed by atoms with E-state index >= 15 is 0 Å². The van der Waals surface area contributed by atoms with E-state index in [0.29, 0.717) is 13.0 Å². The van der Waals surface area contributed by atoms with Crippen molar-refractivity contribution in [3.8, 4) is 0 Å². The van der Waals surface area contributed by atoms with Crippen LogP contribution in [0.1, 0.15) is 26.7 Å². The van der Waals surface area contributed by atoms with Crippen LogP contribution < -0.4 is 11.1 Å². The summed E-state index contributed by atoms with van der Waals surface area (Å²) >= 11 is 0. The van der Waals surface area contributed by atoms with Gasteiger partial charge < -0.3 is 11.1 Å². The number of rotatable bonds is 4. The maximum Gasteiger partial charge on any atom is 0.221 e. The smallest absolute Gasteiger partial charge is 0.221 e. The van der Waals surface area contributed by atoms with Gasteiger partial charge in [0.05, 0.1) is 0 Å². The molecular weight excluding hydrogens is 128 g/mol. The summed E-state index contributed by atoms with van der Waals surface area (Å²) in [7, 11) is 0. The van der Waals surface area contributed by atoms with Crippen molar-refractivity contribution in [2.75, 3.05) is 6.54 Å². The Morgan fingerprint density at radius 3 is 2.70 bits per heavy atom. The standard InChI is InChI=1S/C7H16N2O/c1-3-6(2)9-7(10)4-5-8/h6H,3-5,8H2,1-2H3,(H,9,10). The Balaban J connectivity index is 3.37. The highest BCUT2D eigenvalue weighted by atomic mass is 16.1. The Morgan fingerprint density at radius 2 is 2.30 bits per heavy atom. The highest BCUT2D eigenvalue weighted by Gasteiger charge is 2.02. The van der Waals surface area contributed by atoms with Crippen LogP contribution in [0.25, 0.3) is 0 Å². The third kappa shape index (κ3) is 4.32. The summed E-state index contributed by atoms with van der Waals surface area (Å²) in [4.78, 5) is 10.8. The molecule has 0 spiro atoms. The predicted molar refractivity (Wildman–Crippen MR) is 41.6 cm³/mol. The minimum atomic E-state index is 0.0526. The van der Waals surface area contributed by atoms with Gasteiger partial charge in [0.15, 0.2) is 0 Å². The number of nitrogens with two attached hydrogens (primary N) is 1. The second-order valence-corrected chi connectivity index (χ2v) is 2.42. The van der Waals surface area contributed by atoms with Gasteiger partial charge in [0, 0.05) is 19.0 Å². The third-order valence-corrected chi connectivity index (χ3v) is 1.39. The summed E-state index contributed by atoms with van der Waals surface area (Å²) in [6.45, 7) is 4.45. The van der Waals surface area contributed by atoms with Crippen molar-refractivity contribution in [3.05, 3.63) is 0 Å². The summed E-state index contributed by atoms with van der Waals surface area (Å²) in [5, 5.41) is 2.81. The fraction of sp³-hybridized carbons (Fsp3) is 0.857. The normalized spacial score (nSPS) is 12.7. The molecule has 0 aliphatic rings. The number of hydrogen-bond acceptors (Lipinski definition) is 2. The maximum atomic E-state index is 10.8. The van der Waals surface area contributed by atoms with Crippen LogP contribution in [0, 0.1) is 0 Å². The van der Waals surface area contributed by atoms with E-state index in [1.54, 1.807) is 0 Å². The Labute approximate surface area is 62.0 Å². The molecule has 10 heavy (non-hydrogen) atoms. The topological polar surface area (TPSA) is 55.1 Å². The Morgan fingerprint density at radius 1 is 1.70 bits per heavy atom. The van der Waals surface area contributed by atoms with Crippen molar-refractivity contribution in [2.45, 2.75) is 32.7 Å². The van der Waals surface area contributed by atoms with Gasteiger partial charge in [0.25, 0.3) is 0 Å². The monoisotopic (exact) mass is 144 g/mol. The molecule has 0 aliphatic heterocycles. The van der Waals surface area contributed by atoms with Gasteiger partial charge >= 0.3 is 0 Å². The van der Waals surface area contributed by atoms with E-state index in [1.807, 2.05) is 13.8 Å². The van der Waals surface area contributed by atoms with Gasteiger partial charge in [0.1, 0.15) is 0 Å². The molecule has 0 radical (unpaired) electrons. The molecule has 0 aromatic heterocycles. The lowest BCUT2D eigenvalue weighted by Crippen LogP contribution is -2.33. The molecule has 0 aromatic rings. The third-order valence-electron chi connectivity index (χ3n) is 1.39. The van der Waals surface area contributed by atoms with Gasteiger partial charge in [-0.3, -0.25) is 4.79 Å².